The van der Waals surface area contributed by atoms with Crippen molar-refractivity contribution in [2.75, 3.05) is 13.2 Å². The number of hydrogen-bond donors (Lipinski definition) is 2. The third-order valence-corrected chi connectivity index (χ3v) is 2.01. The van der Waals surface area contributed by atoms with Crippen molar-refractivity contribution in [3.63, 3.8) is 0 Å². The van der Waals surface area contributed by atoms with E-state index in [1.165, 1.54) is 18.2 Å². The zero-order valence-electron chi connectivity index (χ0n) is 8.33. The van der Waals surface area contributed by atoms with Gasteiger partial charge in [-0.2, -0.15) is 5.26 Å². The van der Waals surface area contributed by atoms with E-state index >= 15 is 0 Å². The second kappa shape index (κ2) is 6.12. The minimum atomic E-state index is -0.340. The summed E-state index contributed by atoms with van der Waals surface area (Å²) in [6.45, 7) is 1.22. The average Bonchev–Trinajstić information content (AvgIpc) is 2.25. The Morgan fingerprint density at radius 2 is 2.27 bits per heavy atom. The standard InChI is InChI=1S/C11H13FN2O/c12-11-3-2-9(7-13)10(6-11)8-14-4-1-5-15/h2-3,6,14-15H,1,4-5,8H2. The molecule has 1 rings (SSSR count). The molecule has 0 amide bonds. The molecule has 0 aromatic heterocycles. The smallest absolute Gasteiger partial charge is 0.123 e. The summed E-state index contributed by atoms with van der Waals surface area (Å²) in [6.07, 6.45) is 0.650. The Kier molecular flexibility index (Phi) is 4.75. The molecule has 1 aromatic carbocycles. The summed E-state index contributed by atoms with van der Waals surface area (Å²) < 4.78 is 12.9. The summed E-state index contributed by atoms with van der Waals surface area (Å²) in [7, 11) is 0. The molecular formula is C11H13FN2O. The third-order valence-electron chi connectivity index (χ3n) is 2.01. The Morgan fingerprint density at radius 3 is 2.93 bits per heavy atom. The van der Waals surface area contributed by atoms with Gasteiger partial charge in [-0.3, -0.25) is 0 Å². The van der Waals surface area contributed by atoms with Crippen LogP contribution in [0.1, 0.15) is 17.5 Å². The van der Waals surface area contributed by atoms with Crippen LogP contribution in [-0.4, -0.2) is 18.3 Å². The van der Waals surface area contributed by atoms with Crippen LogP contribution in [0.2, 0.25) is 0 Å². The SMILES string of the molecule is N#Cc1ccc(F)cc1CNCCCO. The largest absolute Gasteiger partial charge is 0.396 e. The summed E-state index contributed by atoms with van der Waals surface area (Å²) in [5.74, 6) is -0.340. The van der Waals surface area contributed by atoms with E-state index in [0.717, 1.165) is 0 Å². The van der Waals surface area contributed by atoms with Crippen LogP contribution in [0.15, 0.2) is 18.2 Å². The Labute approximate surface area is 88.2 Å². The first kappa shape index (κ1) is 11.6. The molecule has 0 saturated heterocycles. The Bertz CT molecular complexity index is 360. The predicted molar refractivity (Wildman–Crippen MR) is 54.5 cm³/mol. The van der Waals surface area contributed by atoms with Gasteiger partial charge in [0.15, 0.2) is 0 Å². The van der Waals surface area contributed by atoms with Gasteiger partial charge >= 0.3 is 0 Å². The molecule has 0 bridgehead atoms. The number of aliphatic hydroxyl groups is 1. The molecular weight excluding hydrogens is 195 g/mol. The maximum absolute atomic E-state index is 12.9. The quantitative estimate of drug-likeness (QED) is 0.714. The van der Waals surface area contributed by atoms with E-state index in [4.69, 9.17) is 10.4 Å². The van der Waals surface area contributed by atoms with E-state index in [1.807, 2.05) is 6.07 Å². The van der Waals surface area contributed by atoms with Gasteiger partial charge in [-0.15, -0.1) is 0 Å². The number of nitrogens with zero attached hydrogens (tertiary/aromatic N) is 1. The van der Waals surface area contributed by atoms with E-state index < -0.39 is 0 Å². The van der Waals surface area contributed by atoms with E-state index in [2.05, 4.69) is 5.32 Å². The normalized spacial score (nSPS) is 9.93. The zero-order chi connectivity index (χ0) is 11.1. The van der Waals surface area contributed by atoms with Crippen LogP contribution in [0, 0.1) is 17.1 Å². The molecule has 2 N–H and O–H groups in total. The van der Waals surface area contributed by atoms with Gasteiger partial charge in [0.05, 0.1) is 11.6 Å². The maximum atomic E-state index is 12.9. The molecule has 0 unspecified atom stereocenters. The third kappa shape index (κ3) is 3.66. The van der Waals surface area contributed by atoms with Crippen LogP contribution in [0.5, 0.6) is 0 Å². The highest BCUT2D eigenvalue weighted by molar-refractivity contribution is 5.37. The van der Waals surface area contributed by atoms with Crippen LogP contribution in [0.3, 0.4) is 0 Å². The number of aliphatic hydroxyl groups excluding tert-OH is 1. The zero-order valence-corrected chi connectivity index (χ0v) is 8.33. The first-order valence-electron chi connectivity index (χ1n) is 4.78. The Hall–Kier alpha value is -1.44. The molecule has 15 heavy (non-hydrogen) atoms. The molecule has 0 heterocycles. The van der Waals surface area contributed by atoms with Gasteiger partial charge in [0, 0.05) is 13.2 Å². The van der Waals surface area contributed by atoms with Crippen LogP contribution >= 0.6 is 0 Å². The van der Waals surface area contributed by atoms with Crippen molar-refractivity contribution in [1.29, 1.82) is 5.26 Å². The number of hydrogen-bond acceptors (Lipinski definition) is 3. The lowest BCUT2D eigenvalue weighted by Gasteiger charge is -2.05. The van der Waals surface area contributed by atoms with Crippen LogP contribution in [0.4, 0.5) is 4.39 Å². The highest BCUT2D eigenvalue weighted by Gasteiger charge is 2.02. The van der Waals surface area contributed by atoms with Crippen molar-refractivity contribution in [2.24, 2.45) is 0 Å². The van der Waals surface area contributed by atoms with Gasteiger partial charge in [0.1, 0.15) is 5.82 Å². The molecule has 0 radical (unpaired) electrons. The van der Waals surface area contributed by atoms with Crippen LogP contribution in [0.25, 0.3) is 0 Å². The fourth-order valence-corrected chi connectivity index (χ4v) is 1.24. The summed E-state index contributed by atoms with van der Waals surface area (Å²) in [5, 5.41) is 20.4. The second-order valence-corrected chi connectivity index (χ2v) is 3.17. The lowest BCUT2D eigenvalue weighted by Crippen LogP contribution is -2.16. The molecule has 0 fully saturated rings. The molecule has 0 saturated carbocycles. The minimum absolute atomic E-state index is 0.126. The van der Waals surface area contributed by atoms with Crippen molar-refractivity contribution in [1.82, 2.24) is 5.32 Å². The highest BCUT2D eigenvalue weighted by atomic mass is 19.1. The van der Waals surface area contributed by atoms with Gasteiger partial charge in [-0.05, 0) is 36.7 Å². The average molecular weight is 208 g/mol. The molecule has 0 aliphatic rings. The van der Waals surface area contributed by atoms with Gasteiger partial charge in [-0.25, -0.2) is 4.39 Å². The van der Waals surface area contributed by atoms with Gasteiger partial charge in [0.2, 0.25) is 0 Å². The molecule has 0 atom stereocenters. The van der Waals surface area contributed by atoms with Crippen molar-refractivity contribution < 1.29 is 9.50 Å². The van der Waals surface area contributed by atoms with E-state index in [0.29, 0.717) is 30.6 Å². The number of benzene rings is 1. The first-order chi connectivity index (χ1) is 7.27. The summed E-state index contributed by atoms with van der Waals surface area (Å²) >= 11 is 0. The van der Waals surface area contributed by atoms with Crippen LogP contribution < -0.4 is 5.32 Å². The maximum Gasteiger partial charge on any atom is 0.123 e. The molecule has 80 valence electrons. The lowest BCUT2D eigenvalue weighted by molar-refractivity contribution is 0.286. The van der Waals surface area contributed by atoms with Crippen molar-refractivity contribution in [2.45, 2.75) is 13.0 Å². The number of rotatable bonds is 5. The number of halogens is 1. The summed E-state index contributed by atoms with van der Waals surface area (Å²) in [6, 6.07) is 6.10. The Balaban J connectivity index is 2.59. The van der Waals surface area contributed by atoms with E-state index in [1.54, 1.807) is 0 Å². The van der Waals surface area contributed by atoms with Crippen LogP contribution in [-0.2, 0) is 6.54 Å². The predicted octanol–water partition coefficient (Wildman–Crippen LogP) is 1.17. The monoisotopic (exact) mass is 208 g/mol. The summed E-state index contributed by atoms with van der Waals surface area (Å²) in [5.41, 5.74) is 1.13. The fourth-order valence-electron chi connectivity index (χ4n) is 1.24. The minimum Gasteiger partial charge on any atom is -0.396 e. The topological polar surface area (TPSA) is 56.0 Å². The van der Waals surface area contributed by atoms with E-state index in [-0.39, 0.29) is 12.4 Å². The molecule has 1 aromatic rings. The van der Waals surface area contributed by atoms with Gasteiger partial charge in [-0.1, -0.05) is 0 Å². The van der Waals surface area contributed by atoms with Crippen molar-refractivity contribution in [3.05, 3.63) is 35.1 Å². The molecule has 0 aliphatic heterocycles. The molecule has 0 aliphatic carbocycles. The van der Waals surface area contributed by atoms with Gasteiger partial charge in [0.25, 0.3) is 0 Å². The fraction of sp³-hybridized carbons (Fsp3) is 0.364. The first-order valence-corrected chi connectivity index (χ1v) is 4.78. The van der Waals surface area contributed by atoms with Crippen molar-refractivity contribution in [3.8, 4) is 6.07 Å². The lowest BCUT2D eigenvalue weighted by atomic mass is 10.1. The molecule has 0 spiro atoms. The van der Waals surface area contributed by atoms with E-state index in [9.17, 15) is 4.39 Å². The van der Waals surface area contributed by atoms with Crippen molar-refractivity contribution >= 4 is 0 Å². The van der Waals surface area contributed by atoms with Gasteiger partial charge < -0.3 is 10.4 Å². The second-order valence-electron chi connectivity index (χ2n) is 3.17. The Morgan fingerprint density at radius 1 is 1.47 bits per heavy atom. The highest BCUT2D eigenvalue weighted by Crippen LogP contribution is 2.09. The number of nitrogens with one attached hydrogen (secondary N) is 1. The molecule has 4 heteroatoms. The summed E-state index contributed by atoms with van der Waals surface area (Å²) in [4.78, 5) is 0. The molecule has 3 nitrogen and oxygen atoms in total. The number of nitriles is 1.